The summed E-state index contributed by atoms with van der Waals surface area (Å²) in [6, 6.07) is 5.52. The summed E-state index contributed by atoms with van der Waals surface area (Å²) in [6.45, 7) is 0.644. The molecule has 6 nitrogen and oxygen atoms in total. The van der Waals surface area contributed by atoms with Crippen molar-refractivity contribution in [1.82, 2.24) is 10.6 Å². The lowest BCUT2D eigenvalue weighted by Gasteiger charge is -2.16. The number of rotatable bonds is 5. The number of nitrogens with one attached hydrogen (secondary N) is 2. The lowest BCUT2D eigenvalue weighted by molar-refractivity contribution is 0.414. The molecule has 0 bridgehead atoms. The normalized spacial score (nSPS) is 19.5. The summed E-state index contributed by atoms with van der Waals surface area (Å²) in [4.78, 5) is 4.13. The van der Waals surface area contributed by atoms with Crippen LogP contribution in [0.25, 0.3) is 0 Å². The third-order valence-electron chi connectivity index (χ3n) is 3.74. The lowest BCUT2D eigenvalue weighted by Crippen LogP contribution is -2.44. The first-order chi connectivity index (χ1) is 10.9. The van der Waals surface area contributed by atoms with Gasteiger partial charge in [-0.05, 0) is 30.5 Å². The smallest absolute Gasteiger partial charge is 0.191 e. The summed E-state index contributed by atoms with van der Waals surface area (Å²) in [5.74, 6) is 1.74. The fourth-order valence-electron chi connectivity index (χ4n) is 2.47. The van der Waals surface area contributed by atoms with Crippen molar-refractivity contribution >= 4 is 51.4 Å². The second-order valence-electron chi connectivity index (χ2n) is 5.45. The number of aliphatic imine (C=N–C) groups is 1. The Morgan fingerprint density at radius 1 is 1.46 bits per heavy atom. The van der Waals surface area contributed by atoms with Gasteiger partial charge in [-0.3, -0.25) is 4.99 Å². The fourth-order valence-corrected chi connectivity index (χ4v) is 4.41. The van der Waals surface area contributed by atoms with Gasteiger partial charge in [0.25, 0.3) is 0 Å². The summed E-state index contributed by atoms with van der Waals surface area (Å²) in [7, 11) is 0.369. The molecule has 0 spiro atoms. The number of sulfone groups is 1. The van der Waals surface area contributed by atoms with Crippen LogP contribution in [-0.4, -0.2) is 52.6 Å². The van der Waals surface area contributed by atoms with E-state index in [0.717, 1.165) is 17.7 Å². The number of methoxy groups -OCH3 is 1. The molecule has 1 saturated heterocycles. The molecule has 24 heavy (non-hydrogen) atoms. The molecule has 9 heteroatoms. The molecule has 1 aliphatic heterocycles. The molecule has 0 aliphatic carbocycles. The maximum absolute atomic E-state index is 11.5. The molecular formula is C15H23ClIN3O3S. The summed E-state index contributed by atoms with van der Waals surface area (Å²) in [6.07, 6.45) is 1.35. The van der Waals surface area contributed by atoms with E-state index in [9.17, 15) is 8.42 Å². The highest BCUT2D eigenvalue weighted by atomic mass is 127. The van der Waals surface area contributed by atoms with Crippen LogP contribution in [0, 0.1) is 0 Å². The number of nitrogens with zero attached hydrogens (tertiary/aromatic N) is 1. The molecule has 136 valence electrons. The van der Waals surface area contributed by atoms with E-state index in [1.54, 1.807) is 20.2 Å². The van der Waals surface area contributed by atoms with Crippen molar-refractivity contribution in [2.75, 3.05) is 32.2 Å². The first-order valence-electron chi connectivity index (χ1n) is 7.43. The van der Waals surface area contributed by atoms with Gasteiger partial charge in [0, 0.05) is 24.7 Å². The second-order valence-corrected chi connectivity index (χ2v) is 8.09. The average molecular weight is 488 g/mol. The molecule has 0 amide bonds. The van der Waals surface area contributed by atoms with Gasteiger partial charge in [0.2, 0.25) is 0 Å². The average Bonchev–Trinajstić information content (AvgIpc) is 2.86. The third kappa shape index (κ3) is 6.29. The van der Waals surface area contributed by atoms with E-state index in [-0.39, 0.29) is 41.5 Å². The fraction of sp³-hybridized carbons (Fsp3) is 0.533. The van der Waals surface area contributed by atoms with Crippen molar-refractivity contribution in [3.05, 3.63) is 28.8 Å². The maximum atomic E-state index is 11.5. The van der Waals surface area contributed by atoms with E-state index in [1.807, 2.05) is 12.1 Å². The van der Waals surface area contributed by atoms with Crippen LogP contribution in [0.5, 0.6) is 5.75 Å². The van der Waals surface area contributed by atoms with Gasteiger partial charge in [-0.15, -0.1) is 24.0 Å². The van der Waals surface area contributed by atoms with Crippen molar-refractivity contribution < 1.29 is 13.2 Å². The van der Waals surface area contributed by atoms with Crippen LogP contribution in [0.3, 0.4) is 0 Å². The zero-order chi connectivity index (χ0) is 16.9. The monoisotopic (exact) mass is 487 g/mol. The molecule has 1 atom stereocenters. The zero-order valence-electron chi connectivity index (χ0n) is 13.7. The highest BCUT2D eigenvalue weighted by Crippen LogP contribution is 2.22. The Hall–Kier alpha value is -0.740. The van der Waals surface area contributed by atoms with E-state index in [0.29, 0.717) is 23.9 Å². The van der Waals surface area contributed by atoms with Gasteiger partial charge in [-0.2, -0.15) is 0 Å². The number of hydrogen-bond donors (Lipinski definition) is 2. The minimum absolute atomic E-state index is 0. The highest BCUT2D eigenvalue weighted by molar-refractivity contribution is 14.0. The Bertz CT molecular complexity index is 683. The van der Waals surface area contributed by atoms with Gasteiger partial charge < -0.3 is 15.4 Å². The Morgan fingerprint density at radius 2 is 2.21 bits per heavy atom. The van der Waals surface area contributed by atoms with Crippen LogP contribution >= 0.6 is 35.6 Å². The van der Waals surface area contributed by atoms with Gasteiger partial charge in [0.1, 0.15) is 5.75 Å². The maximum Gasteiger partial charge on any atom is 0.191 e. The standard InChI is InChI=1S/C15H22ClN3O3S.HI/c1-17-15(19-12-6-8-23(20,21)10-12)18-7-5-11-3-4-13(22-2)9-14(11)16;/h3-4,9,12H,5-8,10H2,1-2H3,(H2,17,18,19);1H. The van der Waals surface area contributed by atoms with E-state index in [4.69, 9.17) is 16.3 Å². The summed E-state index contributed by atoms with van der Waals surface area (Å²) in [5.41, 5.74) is 1.01. The second kappa shape index (κ2) is 9.67. The molecule has 1 heterocycles. The predicted octanol–water partition coefficient (Wildman–Crippen LogP) is 1.86. The number of ether oxygens (including phenoxy) is 1. The first kappa shape index (κ1) is 21.3. The SMILES string of the molecule is CN=C(NCCc1ccc(OC)cc1Cl)NC1CCS(=O)(=O)C1.I. The molecule has 1 fully saturated rings. The summed E-state index contributed by atoms with van der Waals surface area (Å²) >= 11 is 6.21. The van der Waals surface area contributed by atoms with Gasteiger partial charge in [-0.25, -0.2) is 8.42 Å². The molecule has 1 aromatic carbocycles. The van der Waals surface area contributed by atoms with E-state index >= 15 is 0 Å². The molecule has 0 aromatic heterocycles. The van der Waals surface area contributed by atoms with Gasteiger partial charge in [0.15, 0.2) is 15.8 Å². The van der Waals surface area contributed by atoms with E-state index in [1.165, 1.54) is 0 Å². The quantitative estimate of drug-likeness (QED) is 0.377. The van der Waals surface area contributed by atoms with Gasteiger partial charge >= 0.3 is 0 Å². The van der Waals surface area contributed by atoms with Crippen molar-refractivity contribution in [2.45, 2.75) is 18.9 Å². The van der Waals surface area contributed by atoms with E-state index in [2.05, 4.69) is 15.6 Å². The predicted molar refractivity (Wildman–Crippen MR) is 109 cm³/mol. The minimum Gasteiger partial charge on any atom is -0.497 e. The Balaban J connectivity index is 0.00000288. The largest absolute Gasteiger partial charge is 0.497 e. The van der Waals surface area contributed by atoms with Crippen molar-refractivity contribution in [3.63, 3.8) is 0 Å². The van der Waals surface area contributed by atoms with Crippen molar-refractivity contribution in [3.8, 4) is 5.75 Å². The summed E-state index contributed by atoms with van der Waals surface area (Å²) < 4.78 is 28.1. The van der Waals surface area contributed by atoms with Gasteiger partial charge in [0.05, 0.1) is 18.6 Å². The number of hydrogen-bond acceptors (Lipinski definition) is 4. The molecule has 2 N–H and O–H groups in total. The van der Waals surface area contributed by atoms with Crippen molar-refractivity contribution in [2.24, 2.45) is 4.99 Å². The van der Waals surface area contributed by atoms with Crippen LogP contribution in [0.4, 0.5) is 0 Å². The van der Waals surface area contributed by atoms with Crippen LogP contribution < -0.4 is 15.4 Å². The number of guanidine groups is 1. The molecule has 1 aromatic rings. The highest BCUT2D eigenvalue weighted by Gasteiger charge is 2.28. The van der Waals surface area contributed by atoms with Crippen molar-refractivity contribution in [1.29, 1.82) is 0 Å². The zero-order valence-corrected chi connectivity index (χ0v) is 17.6. The first-order valence-corrected chi connectivity index (χ1v) is 9.63. The Kier molecular flexibility index (Phi) is 8.58. The summed E-state index contributed by atoms with van der Waals surface area (Å²) in [5, 5.41) is 6.99. The van der Waals surface area contributed by atoms with Crippen LogP contribution in [-0.2, 0) is 16.3 Å². The van der Waals surface area contributed by atoms with Gasteiger partial charge in [-0.1, -0.05) is 17.7 Å². The molecule has 1 unspecified atom stereocenters. The Labute approximate surface area is 165 Å². The van der Waals surface area contributed by atoms with Crippen LogP contribution in [0.2, 0.25) is 5.02 Å². The van der Waals surface area contributed by atoms with Crippen LogP contribution in [0.1, 0.15) is 12.0 Å². The lowest BCUT2D eigenvalue weighted by atomic mass is 10.1. The molecule has 0 radical (unpaired) electrons. The Morgan fingerprint density at radius 3 is 2.75 bits per heavy atom. The third-order valence-corrected chi connectivity index (χ3v) is 5.86. The van der Waals surface area contributed by atoms with Crippen LogP contribution in [0.15, 0.2) is 23.2 Å². The number of halogens is 2. The minimum atomic E-state index is -2.90. The molecule has 0 saturated carbocycles. The molecule has 1 aliphatic rings. The van der Waals surface area contributed by atoms with E-state index < -0.39 is 9.84 Å². The molecular weight excluding hydrogens is 465 g/mol. The topological polar surface area (TPSA) is 79.8 Å². The molecule has 2 rings (SSSR count). The number of benzene rings is 1.